The second-order valence-corrected chi connectivity index (χ2v) is 5.15. The second kappa shape index (κ2) is 4.54. The summed E-state index contributed by atoms with van der Waals surface area (Å²) in [4.78, 5) is 10.4. The van der Waals surface area contributed by atoms with Crippen LogP contribution in [0.3, 0.4) is 0 Å². The van der Waals surface area contributed by atoms with Crippen LogP contribution in [-0.2, 0) is 6.54 Å². The lowest BCUT2D eigenvalue weighted by atomic mass is 10.1. The van der Waals surface area contributed by atoms with E-state index < -0.39 is 0 Å². The molecule has 0 N–H and O–H groups in total. The first-order valence-electron chi connectivity index (χ1n) is 5.47. The summed E-state index contributed by atoms with van der Waals surface area (Å²) < 4.78 is 3.05. The first kappa shape index (κ1) is 10.9. The number of halogens is 1. The van der Waals surface area contributed by atoms with Gasteiger partial charge in [0.2, 0.25) is 0 Å². The number of likely N-dealkylation sites (tertiary alicyclic amines) is 1. The summed E-state index contributed by atoms with van der Waals surface area (Å²) in [5, 5.41) is 4.30. The van der Waals surface area contributed by atoms with Crippen molar-refractivity contribution in [3.63, 3.8) is 0 Å². The standard InChI is InChI=1S/C11H12BrN5/c12-10-3-15-17(5-10)11-6-16(7-11)4-9-1-13-8-14-2-9/h1-3,5,8,11H,4,6-7H2. The van der Waals surface area contributed by atoms with E-state index in [1.54, 1.807) is 6.33 Å². The molecular weight excluding hydrogens is 282 g/mol. The van der Waals surface area contributed by atoms with Crippen LogP contribution in [-0.4, -0.2) is 37.7 Å². The summed E-state index contributed by atoms with van der Waals surface area (Å²) in [5.74, 6) is 0. The summed E-state index contributed by atoms with van der Waals surface area (Å²) in [6.07, 6.45) is 9.14. The average Bonchev–Trinajstić information content (AvgIpc) is 2.71. The maximum atomic E-state index is 4.30. The van der Waals surface area contributed by atoms with E-state index in [9.17, 15) is 0 Å². The average molecular weight is 294 g/mol. The number of nitrogens with zero attached hydrogens (tertiary/aromatic N) is 5. The van der Waals surface area contributed by atoms with Gasteiger partial charge in [-0.2, -0.15) is 5.10 Å². The molecule has 1 fully saturated rings. The maximum absolute atomic E-state index is 4.30. The smallest absolute Gasteiger partial charge is 0.115 e. The van der Waals surface area contributed by atoms with Gasteiger partial charge in [0.05, 0.1) is 16.7 Å². The molecule has 2 aromatic heterocycles. The van der Waals surface area contributed by atoms with Gasteiger partial charge in [0, 0.05) is 43.8 Å². The van der Waals surface area contributed by atoms with Gasteiger partial charge < -0.3 is 0 Å². The maximum Gasteiger partial charge on any atom is 0.115 e. The Morgan fingerprint density at radius 2 is 2.00 bits per heavy atom. The third kappa shape index (κ3) is 2.37. The minimum Gasteiger partial charge on any atom is -0.295 e. The number of rotatable bonds is 3. The first-order valence-corrected chi connectivity index (χ1v) is 6.26. The van der Waals surface area contributed by atoms with E-state index in [-0.39, 0.29) is 0 Å². The molecule has 0 aliphatic carbocycles. The first-order chi connectivity index (χ1) is 8.31. The van der Waals surface area contributed by atoms with E-state index >= 15 is 0 Å². The van der Waals surface area contributed by atoms with Gasteiger partial charge in [-0.3, -0.25) is 9.58 Å². The van der Waals surface area contributed by atoms with Crippen molar-refractivity contribution in [2.24, 2.45) is 0 Å². The zero-order valence-corrected chi connectivity index (χ0v) is 10.8. The molecular formula is C11H12BrN5. The Hall–Kier alpha value is -1.27. The Balaban J connectivity index is 1.55. The lowest BCUT2D eigenvalue weighted by Crippen LogP contribution is -2.47. The molecule has 0 aromatic carbocycles. The Bertz CT molecular complexity index is 492. The fourth-order valence-electron chi connectivity index (χ4n) is 2.02. The highest BCUT2D eigenvalue weighted by molar-refractivity contribution is 9.10. The molecule has 0 saturated carbocycles. The monoisotopic (exact) mass is 293 g/mol. The fourth-order valence-corrected chi connectivity index (χ4v) is 2.32. The summed E-state index contributed by atoms with van der Waals surface area (Å²) in [7, 11) is 0. The Kier molecular flexibility index (Phi) is 2.90. The number of hydrogen-bond acceptors (Lipinski definition) is 4. The van der Waals surface area contributed by atoms with Crippen molar-refractivity contribution in [2.75, 3.05) is 13.1 Å². The van der Waals surface area contributed by atoms with E-state index in [4.69, 9.17) is 0 Å². The van der Waals surface area contributed by atoms with E-state index in [1.807, 2.05) is 29.5 Å². The van der Waals surface area contributed by atoms with Gasteiger partial charge >= 0.3 is 0 Å². The van der Waals surface area contributed by atoms with Gasteiger partial charge in [-0.15, -0.1) is 0 Å². The van der Waals surface area contributed by atoms with Crippen molar-refractivity contribution in [2.45, 2.75) is 12.6 Å². The zero-order chi connectivity index (χ0) is 11.7. The molecule has 0 bridgehead atoms. The van der Waals surface area contributed by atoms with E-state index in [2.05, 4.69) is 35.9 Å². The molecule has 1 aliphatic heterocycles. The molecule has 88 valence electrons. The van der Waals surface area contributed by atoms with Gasteiger partial charge in [-0.1, -0.05) is 0 Å². The van der Waals surface area contributed by atoms with Gasteiger partial charge in [0.1, 0.15) is 6.33 Å². The van der Waals surface area contributed by atoms with Crippen molar-refractivity contribution in [3.8, 4) is 0 Å². The normalized spacial score (nSPS) is 17.0. The molecule has 17 heavy (non-hydrogen) atoms. The predicted molar refractivity (Wildman–Crippen MR) is 66.3 cm³/mol. The van der Waals surface area contributed by atoms with Gasteiger partial charge in [-0.25, -0.2) is 9.97 Å². The SMILES string of the molecule is Brc1cnn(C2CN(Cc3cncnc3)C2)c1. The highest BCUT2D eigenvalue weighted by Crippen LogP contribution is 2.23. The van der Waals surface area contributed by atoms with Crippen molar-refractivity contribution < 1.29 is 0 Å². The van der Waals surface area contributed by atoms with Gasteiger partial charge in [-0.05, 0) is 15.9 Å². The molecule has 0 unspecified atom stereocenters. The zero-order valence-electron chi connectivity index (χ0n) is 9.20. The molecule has 0 radical (unpaired) electrons. The molecule has 3 rings (SSSR count). The van der Waals surface area contributed by atoms with Crippen LogP contribution in [0.2, 0.25) is 0 Å². The topological polar surface area (TPSA) is 46.8 Å². The van der Waals surface area contributed by atoms with Crippen molar-refractivity contribution in [3.05, 3.63) is 41.2 Å². The van der Waals surface area contributed by atoms with Crippen molar-refractivity contribution in [1.82, 2.24) is 24.6 Å². The van der Waals surface area contributed by atoms with Gasteiger partial charge in [0.15, 0.2) is 0 Å². The summed E-state index contributed by atoms with van der Waals surface area (Å²) in [6.45, 7) is 2.98. The Morgan fingerprint density at radius 1 is 1.24 bits per heavy atom. The summed E-state index contributed by atoms with van der Waals surface area (Å²) in [6, 6.07) is 0.492. The Labute approximate surface area is 108 Å². The molecule has 2 aromatic rings. The molecule has 3 heterocycles. The molecule has 5 nitrogen and oxygen atoms in total. The fraction of sp³-hybridized carbons (Fsp3) is 0.364. The van der Waals surface area contributed by atoms with Crippen LogP contribution >= 0.6 is 15.9 Å². The predicted octanol–water partition coefficient (Wildman–Crippen LogP) is 1.49. The lowest BCUT2D eigenvalue weighted by Gasteiger charge is -2.39. The minimum absolute atomic E-state index is 0.492. The van der Waals surface area contributed by atoms with Gasteiger partial charge in [0.25, 0.3) is 0 Å². The van der Waals surface area contributed by atoms with E-state index in [0.717, 1.165) is 29.7 Å². The molecule has 0 spiro atoms. The quantitative estimate of drug-likeness (QED) is 0.860. The number of hydrogen-bond donors (Lipinski definition) is 0. The Morgan fingerprint density at radius 3 is 2.65 bits per heavy atom. The second-order valence-electron chi connectivity index (χ2n) is 4.23. The number of aromatic nitrogens is 4. The third-order valence-electron chi connectivity index (χ3n) is 2.90. The molecule has 1 saturated heterocycles. The highest BCUT2D eigenvalue weighted by Gasteiger charge is 2.28. The molecule has 0 atom stereocenters. The third-order valence-corrected chi connectivity index (χ3v) is 3.31. The minimum atomic E-state index is 0.492. The van der Waals surface area contributed by atoms with Crippen LogP contribution < -0.4 is 0 Å². The highest BCUT2D eigenvalue weighted by atomic mass is 79.9. The summed E-state index contributed by atoms with van der Waals surface area (Å²) in [5.41, 5.74) is 1.16. The largest absolute Gasteiger partial charge is 0.295 e. The molecule has 0 amide bonds. The van der Waals surface area contributed by atoms with Crippen LogP contribution in [0.4, 0.5) is 0 Å². The lowest BCUT2D eigenvalue weighted by molar-refractivity contribution is 0.0906. The van der Waals surface area contributed by atoms with E-state index in [1.165, 1.54) is 0 Å². The van der Waals surface area contributed by atoms with Crippen LogP contribution in [0.5, 0.6) is 0 Å². The van der Waals surface area contributed by atoms with Crippen LogP contribution in [0.1, 0.15) is 11.6 Å². The summed E-state index contributed by atoms with van der Waals surface area (Å²) >= 11 is 3.41. The van der Waals surface area contributed by atoms with Crippen LogP contribution in [0.25, 0.3) is 0 Å². The van der Waals surface area contributed by atoms with Crippen molar-refractivity contribution in [1.29, 1.82) is 0 Å². The van der Waals surface area contributed by atoms with Crippen LogP contribution in [0, 0.1) is 0 Å². The molecule has 1 aliphatic rings. The van der Waals surface area contributed by atoms with E-state index in [0.29, 0.717) is 6.04 Å². The van der Waals surface area contributed by atoms with Crippen LogP contribution in [0.15, 0.2) is 35.6 Å². The molecule has 6 heteroatoms. The van der Waals surface area contributed by atoms with Crippen molar-refractivity contribution >= 4 is 15.9 Å².